The maximum Gasteiger partial charge on any atom is 0.332 e. The SMILES string of the molecule is C/C=C/[N+](=O)[O-].C=CC(=C)O[Si](C)(C)C.CC(=O)C1=C(Br)CC(C)C(C)C1.CC(=O)C1=C(Br)CC(C)C([N+](=O)[O-])C1.CC(=O)C1=CCC(C)C(C)C1.CC1CC(=O)CCC1[N+](=O)[O-].CC1CC(Br)=C(C(=O)O)CC1[N+](=O)[O-].CC1CC(Br)=C(C=O)CC1[N+](=O)[O-].CC1CC=C(C(=O)O)CC1N. The van der Waals surface area contributed by atoms with Crippen LogP contribution in [0.1, 0.15) is 186 Å². The third kappa shape index (κ3) is 37.7. The number of ketones is 4. The van der Waals surface area contributed by atoms with Crippen LogP contribution in [0.4, 0.5) is 0 Å². The highest BCUT2D eigenvalue weighted by Crippen LogP contribution is 2.39. The fourth-order valence-electron chi connectivity index (χ4n) is 11.0. The highest BCUT2D eigenvalue weighted by atomic mass is 79.9. The Hall–Kier alpha value is -6.15. The second-order valence-electron chi connectivity index (χ2n) is 27.8. The average molecular weight is 1700 g/mol. The van der Waals surface area contributed by atoms with Crippen LogP contribution in [-0.2, 0) is 38.0 Å². The minimum Gasteiger partial charge on any atom is -0.545 e. The molecular weight excluding hydrogens is 1590 g/mol. The van der Waals surface area contributed by atoms with Crippen LogP contribution in [0.25, 0.3) is 0 Å². The van der Waals surface area contributed by atoms with Gasteiger partial charge in [-0.1, -0.05) is 151 Å². The molecule has 4 N–H and O–H groups in total. The van der Waals surface area contributed by atoms with Crippen molar-refractivity contribution >= 4 is 113 Å². The number of rotatable bonds is 14. The number of hydrogen-bond acceptors (Lipinski definition) is 19. The monoisotopic (exact) mass is 1690 g/mol. The first-order chi connectivity index (χ1) is 46.5. The Kier molecular flexibility index (Phi) is 46.0. The van der Waals surface area contributed by atoms with Crippen LogP contribution >= 0.6 is 63.7 Å². The van der Waals surface area contributed by atoms with Gasteiger partial charge in [0.2, 0.25) is 38.7 Å². The highest BCUT2D eigenvalue weighted by molar-refractivity contribution is 9.12. The van der Waals surface area contributed by atoms with E-state index in [9.17, 15) is 84.1 Å². The van der Waals surface area contributed by atoms with Gasteiger partial charge in [-0.25, -0.2) is 9.59 Å². The zero-order valence-electron chi connectivity index (χ0n) is 61.1. The predicted molar refractivity (Wildman–Crippen MR) is 407 cm³/mol. The molecule has 1 fully saturated rings. The minimum atomic E-state index is -1.41. The Morgan fingerprint density at radius 2 is 0.921 bits per heavy atom. The van der Waals surface area contributed by atoms with E-state index in [1.807, 2.05) is 20.8 Å². The molecule has 14 unspecified atom stereocenters. The molecule has 26 nitrogen and oxygen atoms in total. The van der Waals surface area contributed by atoms with Crippen molar-refractivity contribution in [2.75, 3.05) is 0 Å². The summed E-state index contributed by atoms with van der Waals surface area (Å²) in [4.78, 5) is 126. The quantitative estimate of drug-likeness (QED) is 0.0363. The first kappa shape index (κ1) is 96.9. The largest absolute Gasteiger partial charge is 0.545 e. The van der Waals surface area contributed by atoms with E-state index in [4.69, 9.17) is 20.4 Å². The van der Waals surface area contributed by atoms with Gasteiger partial charge in [0, 0.05) is 128 Å². The number of hydrogen-bond donors (Lipinski definition) is 3. The number of halogens is 4. The third-order valence-corrected chi connectivity index (χ3v) is 22.3. The summed E-state index contributed by atoms with van der Waals surface area (Å²) in [5, 5.41) is 69.0. The molecule has 7 rings (SSSR count). The Morgan fingerprint density at radius 3 is 1.27 bits per heavy atom. The van der Waals surface area contributed by atoms with Crippen molar-refractivity contribution in [2.45, 2.75) is 236 Å². The smallest absolute Gasteiger partial charge is 0.332 e. The number of Topliss-reactive ketones (excluding diaryl/α,β-unsaturated/α-hetero) is 4. The van der Waals surface area contributed by atoms with Crippen molar-refractivity contribution in [3.8, 4) is 0 Å². The summed E-state index contributed by atoms with van der Waals surface area (Å²) in [5.41, 5.74) is 9.44. The standard InChI is InChI=1S/C10H15BrO.C10H16O.C9H12BrNO3.C8H10BrNO4.C8H10BrNO3.C8H13NO2.C7H11NO3.C7H14OSi.C3H5NO2/c1-6-4-9(8(3)12)10(11)5-7(6)2;1-7-4-5-10(9(3)11)6-8(7)2;1-5-3-8(10)7(6(2)12)4-9(5)11(13)14;1-4-2-6(9)5(8(11)12)3-7(4)10(13)14;1-5-2-7(9)6(4-11)3-8(5)10(12)13;1-5-2-3-6(8(10)11)4-7(5)9;1-5-4-6(9)2-3-7(5)8(10)11;1-6-7(2)8-9(3,4)5;1-2-3-4(5)6/h6-7H,4-5H2,1-3H3;5,7-8H,4,6H2,1-3H3;5,9H,3-4H2,1-2H3;4,7H,2-3H2,1H3,(H,11,12);4-5,8H,2-3H2,1H3;3,5,7H,2,4,9H2,1H3,(H,10,11);5,7H,2-4H2,1H3;6H,1-2H2,3-5H3;2-3H,1H3/b;;;;;;;;3-2+. The Bertz CT molecular complexity index is 3100. The molecule has 31 heteroatoms. The van der Waals surface area contributed by atoms with Crippen LogP contribution in [0.2, 0.25) is 19.6 Å². The number of carbonyl (C=O) groups is 7. The number of carbonyl (C=O) groups excluding carboxylic acids is 5. The van der Waals surface area contributed by atoms with Gasteiger partial charge in [0.1, 0.15) is 12.1 Å². The van der Waals surface area contributed by atoms with Crippen molar-refractivity contribution < 1.29 is 72.8 Å². The number of carboxylic acid groups (broad SMARTS) is 2. The van der Waals surface area contributed by atoms with Gasteiger partial charge in [-0.15, -0.1) is 0 Å². The summed E-state index contributed by atoms with van der Waals surface area (Å²) in [7, 11) is -1.41. The maximum atomic E-state index is 11.2. The number of aldehydes is 1. The van der Waals surface area contributed by atoms with Gasteiger partial charge in [0.15, 0.2) is 17.3 Å². The molecule has 0 aromatic rings. The van der Waals surface area contributed by atoms with E-state index >= 15 is 0 Å². The fraction of sp³-hybridized carbons (Fsp3) is 0.643. The van der Waals surface area contributed by atoms with Crippen molar-refractivity contribution in [1.82, 2.24) is 0 Å². The number of carboxylic acids is 2. The third-order valence-electron chi connectivity index (χ3n) is 18.2. The van der Waals surface area contributed by atoms with Crippen molar-refractivity contribution in [2.24, 2.45) is 59.0 Å². The van der Waals surface area contributed by atoms with E-state index in [0.29, 0.717) is 102 Å². The van der Waals surface area contributed by atoms with E-state index in [2.05, 4.69) is 130 Å². The maximum absolute atomic E-state index is 11.2. The van der Waals surface area contributed by atoms with Crippen LogP contribution in [-0.4, -0.2) is 115 Å². The molecule has 101 heavy (non-hydrogen) atoms. The lowest BCUT2D eigenvalue weighted by atomic mass is 9.81. The van der Waals surface area contributed by atoms with Gasteiger partial charge in [-0.3, -0.25) is 74.5 Å². The molecule has 1 saturated carbocycles. The molecular formula is C70H106Br4N6O20Si. The van der Waals surface area contributed by atoms with Crippen molar-refractivity contribution in [3.63, 3.8) is 0 Å². The van der Waals surface area contributed by atoms with Crippen LogP contribution in [0.3, 0.4) is 0 Å². The second kappa shape index (κ2) is 48.0. The van der Waals surface area contributed by atoms with Crippen LogP contribution in [0, 0.1) is 104 Å². The van der Waals surface area contributed by atoms with E-state index in [-0.39, 0.29) is 92.5 Å². The molecule has 0 bridgehead atoms. The molecule has 0 heterocycles. The fourth-order valence-corrected chi connectivity index (χ4v) is 15.4. The van der Waals surface area contributed by atoms with Gasteiger partial charge < -0.3 is 20.4 Å². The van der Waals surface area contributed by atoms with Gasteiger partial charge in [0.05, 0.1) is 16.3 Å². The summed E-state index contributed by atoms with van der Waals surface area (Å²) < 4.78 is 8.76. The molecule has 14 atom stereocenters. The Labute approximate surface area is 628 Å². The zero-order chi connectivity index (χ0) is 78.8. The topological polar surface area (TPSA) is 411 Å². The first-order valence-electron chi connectivity index (χ1n) is 33.4. The summed E-state index contributed by atoms with van der Waals surface area (Å²) in [6.45, 7) is 38.1. The Balaban J connectivity index is 0. The second-order valence-corrected chi connectivity index (χ2v) is 36.0. The lowest BCUT2D eigenvalue weighted by Crippen LogP contribution is -2.33. The van der Waals surface area contributed by atoms with E-state index in [1.165, 1.54) is 13.0 Å². The number of aliphatic carboxylic acids is 2. The molecule has 568 valence electrons. The molecule has 0 spiro atoms. The molecule has 0 aromatic heterocycles. The van der Waals surface area contributed by atoms with Crippen LogP contribution in [0.5, 0.6) is 0 Å². The van der Waals surface area contributed by atoms with Gasteiger partial charge in [-0.05, 0) is 152 Å². The van der Waals surface area contributed by atoms with E-state index in [0.717, 1.165) is 68.8 Å². The lowest BCUT2D eigenvalue weighted by molar-refractivity contribution is -0.533. The lowest BCUT2D eigenvalue weighted by Gasteiger charge is -2.26. The zero-order valence-corrected chi connectivity index (χ0v) is 68.5. The van der Waals surface area contributed by atoms with Gasteiger partial charge in [-0.2, -0.15) is 0 Å². The molecule has 7 aliphatic carbocycles. The van der Waals surface area contributed by atoms with Crippen molar-refractivity contribution in [1.29, 1.82) is 0 Å². The number of nitro groups is 5. The molecule has 0 amide bonds. The molecule has 0 saturated heterocycles. The van der Waals surface area contributed by atoms with Crippen molar-refractivity contribution in [3.05, 3.63) is 151 Å². The highest BCUT2D eigenvalue weighted by Gasteiger charge is 2.39. The molecule has 7 aliphatic rings. The Morgan fingerprint density at radius 1 is 0.535 bits per heavy atom. The van der Waals surface area contributed by atoms with Crippen LogP contribution in [0.15, 0.2) is 101 Å². The molecule has 0 radical (unpaired) electrons. The molecule has 0 aliphatic heterocycles. The van der Waals surface area contributed by atoms with E-state index in [1.54, 1.807) is 46.8 Å². The average Bonchev–Trinajstić information content (AvgIpc) is 0.842. The first-order valence-corrected chi connectivity index (χ1v) is 40.0. The summed E-state index contributed by atoms with van der Waals surface area (Å²) >= 11 is 13.2. The van der Waals surface area contributed by atoms with Gasteiger partial charge in [0.25, 0.3) is 0 Å². The number of allylic oxidation sites excluding steroid dienone is 10. The normalized spacial score (nSPS) is 26.8. The molecule has 0 aromatic carbocycles. The predicted octanol–water partition coefficient (Wildman–Crippen LogP) is 17.0. The van der Waals surface area contributed by atoms with Gasteiger partial charge >= 0.3 is 11.9 Å². The number of nitrogens with zero attached hydrogens (tertiary/aromatic N) is 5. The number of nitrogens with two attached hydrogens (primary N) is 1. The minimum absolute atomic E-state index is 0.00405. The van der Waals surface area contributed by atoms with E-state index < -0.39 is 54.3 Å². The van der Waals surface area contributed by atoms with Crippen LogP contribution < -0.4 is 5.73 Å². The summed E-state index contributed by atoms with van der Waals surface area (Å²) in [6.07, 6.45) is 17.1. The summed E-state index contributed by atoms with van der Waals surface area (Å²) in [5.74, 6) is 2.32. The summed E-state index contributed by atoms with van der Waals surface area (Å²) in [6, 6.07) is -2.47.